The Morgan fingerprint density at radius 3 is 2.59 bits per heavy atom. The summed E-state index contributed by atoms with van der Waals surface area (Å²) < 4.78 is 14.5. The standard InChI is InChI=1S/C14H15N3O5/c1-20-5-3-4-17-12-9(7-15)6-11(21-2)13(10(12)8-16)22-14(18)19/h6,17H,3-5H2,1-2H3,(H,18,19). The van der Waals surface area contributed by atoms with Gasteiger partial charge in [-0.05, 0) is 6.42 Å². The molecule has 0 atom stereocenters. The van der Waals surface area contributed by atoms with E-state index >= 15 is 0 Å². The van der Waals surface area contributed by atoms with Gasteiger partial charge in [-0.15, -0.1) is 0 Å². The number of nitrogens with zero attached hydrogens (tertiary/aromatic N) is 2. The predicted molar refractivity (Wildman–Crippen MR) is 76.1 cm³/mol. The van der Waals surface area contributed by atoms with Gasteiger partial charge in [0.2, 0.25) is 0 Å². The Balaban J connectivity index is 3.30. The maximum absolute atomic E-state index is 10.8. The van der Waals surface area contributed by atoms with Crippen molar-refractivity contribution in [2.24, 2.45) is 0 Å². The monoisotopic (exact) mass is 305 g/mol. The number of benzene rings is 1. The molecule has 0 radical (unpaired) electrons. The van der Waals surface area contributed by atoms with Crippen LogP contribution in [-0.4, -0.2) is 38.6 Å². The van der Waals surface area contributed by atoms with Crippen LogP contribution in [0.4, 0.5) is 10.5 Å². The first kappa shape index (κ1) is 17.1. The fraction of sp³-hybridized carbons (Fsp3) is 0.357. The number of anilines is 1. The normalized spacial score (nSPS) is 9.45. The van der Waals surface area contributed by atoms with Crippen molar-refractivity contribution >= 4 is 11.8 Å². The first-order chi connectivity index (χ1) is 10.6. The topological polar surface area (TPSA) is 125 Å². The summed E-state index contributed by atoms with van der Waals surface area (Å²) in [5.41, 5.74) is 0.262. The summed E-state index contributed by atoms with van der Waals surface area (Å²) in [6.07, 6.45) is -0.933. The zero-order valence-corrected chi connectivity index (χ0v) is 12.2. The van der Waals surface area contributed by atoms with Crippen LogP contribution in [0.25, 0.3) is 0 Å². The highest BCUT2D eigenvalue weighted by Crippen LogP contribution is 2.38. The fourth-order valence-corrected chi connectivity index (χ4v) is 1.79. The van der Waals surface area contributed by atoms with E-state index in [1.165, 1.54) is 13.2 Å². The zero-order valence-electron chi connectivity index (χ0n) is 12.2. The Labute approximate surface area is 127 Å². The van der Waals surface area contributed by atoms with E-state index in [1.807, 2.05) is 12.1 Å². The van der Waals surface area contributed by atoms with E-state index in [-0.39, 0.29) is 28.3 Å². The summed E-state index contributed by atoms with van der Waals surface area (Å²) in [5.74, 6) is -0.247. The number of methoxy groups -OCH3 is 2. The molecule has 1 rings (SSSR count). The van der Waals surface area contributed by atoms with Crippen LogP contribution in [0.15, 0.2) is 6.07 Å². The number of hydrogen-bond donors (Lipinski definition) is 2. The Hall–Kier alpha value is -2.97. The number of carboxylic acid groups (broad SMARTS) is 1. The van der Waals surface area contributed by atoms with Gasteiger partial charge in [-0.2, -0.15) is 10.5 Å². The van der Waals surface area contributed by atoms with Gasteiger partial charge < -0.3 is 24.6 Å². The van der Waals surface area contributed by atoms with Crippen molar-refractivity contribution in [2.45, 2.75) is 6.42 Å². The molecule has 0 amide bonds. The van der Waals surface area contributed by atoms with Gasteiger partial charge in [0.1, 0.15) is 17.7 Å². The lowest BCUT2D eigenvalue weighted by Crippen LogP contribution is -2.11. The predicted octanol–water partition coefficient (Wildman–Crippen LogP) is 1.94. The molecule has 0 heterocycles. The Kier molecular flexibility index (Phi) is 6.48. The van der Waals surface area contributed by atoms with Gasteiger partial charge in [0.15, 0.2) is 11.5 Å². The van der Waals surface area contributed by atoms with Crippen LogP contribution in [0, 0.1) is 22.7 Å². The number of rotatable bonds is 7. The molecule has 0 spiro atoms. The summed E-state index contributed by atoms with van der Waals surface area (Å²) >= 11 is 0. The van der Waals surface area contributed by atoms with Crippen LogP contribution < -0.4 is 14.8 Å². The molecule has 0 bridgehead atoms. The minimum absolute atomic E-state index is 0.00191. The molecule has 116 valence electrons. The molecule has 0 aliphatic carbocycles. The fourth-order valence-electron chi connectivity index (χ4n) is 1.79. The molecule has 8 heteroatoms. The molecule has 0 unspecified atom stereocenters. The van der Waals surface area contributed by atoms with Crippen LogP contribution >= 0.6 is 0 Å². The zero-order chi connectivity index (χ0) is 16.5. The highest BCUT2D eigenvalue weighted by atomic mass is 16.7. The molecule has 1 aromatic carbocycles. The first-order valence-corrected chi connectivity index (χ1v) is 6.27. The van der Waals surface area contributed by atoms with Crippen molar-refractivity contribution < 1.29 is 24.1 Å². The van der Waals surface area contributed by atoms with Crippen molar-refractivity contribution in [3.05, 3.63) is 17.2 Å². The number of nitrogens with one attached hydrogen (secondary N) is 1. The lowest BCUT2D eigenvalue weighted by atomic mass is 10.1. The minimum atomic E-state index is -1.58. The second kappa shape index (κ2) is 8.35. The molecule has 2 N–H and O–H groups in total. The molecule has 1 aromatic rings. The maximum Gasteiger partial charge on any atom is 0.511 e. The van der Waals surface area contributed by atoms with E-state index in [0.717, 1.165) is 0 Å². The summed E-state index contributed by atoms with van der Waals surface area (Å²) in [7, 11) is 2.85. The van der Waals surface area contributed by atoms with E-state index in [1.54, 1.807) is 7.11 Å². The first-order valence-electron chi connectivity index (χ1n) is 6.27. The molecule has 0 fully saturated rings. The quantitative estimate of drug-likeness (QED) is 0.445. The maximum atomic E-state index is 10.8. The third-order valence-corrected chi connectivity index (χ3v) is 2.71. The molecule has 0 aromatic heterocycles. The lowest BCUT2D eigenvalue weighted by Gasteiger charge is -2.15. The Morgan fingerprint density at radius 2 is 2.09 bits per heavy atom. The van der Waals surface area contributed by atoms with Gasteiger partial charge in [-0.3, -0.25) is 0 Å². The smallest absolute Gasteiger partial charge is 0.493 e. The molecular weight excluding hydrogens is 290 g/mol. The SMILES string of the molecule is COCCCNc1c(C#N)cc(OC)c(OC(=O)O)c1C#N. The third-order valence-electron chi connectivity index (χ3n) is 2.71. The van der Waals surface area contributed by atoms with Gasteiger partial charge in [0.05, 0.1) is 18.4 Å². The van der Waals surface area contributed by atoms with Crippen molar-refractivity contribution in [3.8, 4) is 23.6 Å². The molecule has 0 aliphatic rings. The molecule has 0 saturated heterocycles. The van der Waals surface area contributed by atoms with Crippen molar-refractivity contribution in [3.63, 3.8) is 0 Å². The summed E-state index contributed by atoms with van der Waals surface area (Å²) in [5, 5.41) is 30.2. The van der Waals surface area contributed by atoms with E-state index in [2.05, 4.69) is 10.1 Å². The third kappa shape index (κ3) is 4.01. The Morgan fingerprint density at radius 1 is 1.36 bits per heavy atom. The lowest BCUT2D eigenvalue weighted by molar-refractivity contribution is 0.142. The van der Waals surface area contributed by atoms with Crippen molar-refractivity contribution in [1.29, 1.82) is 10.5 Å². The van der Waals surface area contributed by atoms with Crippen LogP contribution in [0.3, 0.4) is 0 Å². The van der Waals surface area contributed by atoms with Gasteiger partial charge in [-0.25, -0.2) is 4.79 Å². The number of carbonyl (C=O) groups is 1. The van der Waals surface area contributed by atoms with Gasteiger partial charge in [0.25, 0.3) is 0 Å². The van der Waals surface area contributed by atoms with Crippen molar-refractivity contribution in [1.82, 2.24) is 0 Å². The van der Waals surface area contributed by atoms with Gasteiger partial charge in [0, 0.05) is 26.3 Å². The second-order valence-corrected chi connectivity index (χ2v) is 4.07. The summed E-state index contributed by atoms with van der Waals surface area (Å²) in [6, 6.07) is 5.10. The molecule has 22 heavy (non-hydrogen) atoms. The largest absolute Gasteiger partial charge is 0.511 e. The van der Waals surface area contributed by atoms with Crippen LogP contribution in [0.5, 0.6) is 11.5 Å². The van der Waals surface area contributed by atoms with Crippen LogP contribution in [0.2, 0.25) is 0 Å². The highest BCUT2D eigenvalue weighted by Gasteiger charge is 2.22. The average molecular weight is 305 g/mol. The summed E-state index contributed by atoms with van der Waals surface area (Å²) in [4.78, 5) is 10.8. The van der Waals surface area contributed by atoms with E-state index < -0.39 is 6.16 Å². The number of nitriles is 2. The highest BCUT2D eigenvalue weighted by molar-refractivity contribution is 5.77. The Bertz CT molecular complexity index is 631. The van der Waals surface area contributed by atoms with E-state index in [4.69, 9.17) is 14.6 Å². The summed E-state index contributed by atoms with van der Waals surface area (Å²) in [6.45, 7) is 0.946. The van der Waals surface area contributed by atoms with Crippen LogP contribution in [-0.2, 0) is 4.74 Å². The number of ether oxygens (including phenoxy) is 3. The average Bonchev–Trinajstić information content (AvgIpc) is 2.51. The van der Waals surface area contributed by atoms with E-state index in [0.29, 0.717) is 19.6 Å². The molecule has 0 aliphatic heterocycles. The minimum Gasteiger partial charge on any atom is -0.493 e. The van der Waals surface area contributed by atoms with Gasteiger partial charge in [-0.1, -0.05) is 0 Å². The van der Waals surface area contributed by atoms with Gasteiger partial charge >= 0.3 is 6.16 Å². The van der Waals surface area contributed by atoms with E-state index in [9.17, 15) is 15.3 Å². The molecule has 8 nitrogen and oxygen atoms in total. The number of hydrogen-bond acceptors (Lipinski definition) is 7. The van der Waals surface area contributed by atoms with Crippen LogP contribution in [0.1, 0.15) is 17.5 Å². The molecular formula is C14H15N3O5. The second-order valence-electron chi connectivity index (χ2n) is 4.07. The molecule has 0 saturated carbocycles. The van der Waals surface area contributed by atoms with Crippen molar-refractivity contribution in [2.75, 3.05) is 32.7 Å².